The summed E-state index contributed by atoms with van der Waals surface area (Å²) in [6.45, 7) is 1.72. The Balaban J connectivity index is 1.77. The fraction of sp³-hybridized carbons (Fsp3) is 0.333. The number of amides is 1. The van der Waals surface area contributed by atoms with Crippen molar-refractivity contribution in [2.75, 3.05) is 32.9 Å². The van der Waals surface area contributed by atoms with E-state index in [4.69, 9.17) is 9.47 Å². The minimum atomic E-state index is -0.638. The van der Waals surface area contributed by atoms with E-state index in [1.54, 1.807) is 17.0 Å². The lowest BCUT2D eigenvalue weighted by Crippen LogP contribution is -2.42. The van der Waals surface area contributed by atoms with Gasteiger partial charge in [-0.05, 0) is 23.8 Å². The summed E-state index contributed by atoms with van der Waals surface area (Å²) in [4.78, 5) is 24.8. The number of hydrogen-bond acceptors (Lipinski definition) is 4. The Kier molecular flexibility index (Phi) is 5.45. The van der Waals surface area contributed by atoms with E-state index in [0.29, 0.717) is 31.9 Å². The van der Waals surface area contributed by atoms with Gasteiger partial charge in [-0.2, -0.15) is 0 Å². The van der Waals surface area contributed by atoms with Crippen LogP contribution in [0, 0.1) is 5.82 Å². The Hall–Kier alpha value is -2.21. The highest BCUT2D eigenvalue weighted by molar-refractivity contribution is 5.89. The first-order valence-electron chi connectivity index (χ1n) is 6.61. The fourth-order valence-corrected chi connectivity index (χ4v) is 1.86. The molecule has 1 amide bonds. The summed E-state index contributed by atoms with van der Waals surface area (Å²) in [5, 5.41) is 0. The van der Waals surface area contributed by atoms with Crippen LogP contribution in [0.5, 0.6) is 0 Å². The van der Waals surface area contributed by atoms with Gasteiger partial charge in [0.2, 0.25) is 0 Å². The number of hydrogen-bond donors (Lipinski definition) is 0. The van der Waals surface area contributed by atoms with Gasteiger partial charge in [0.05, 0.1) is 13.2 Å². The van der Waals surface area contributed by atoms with Crippen LogP contribution in [0.1, 0.15) is 5.56 Å². The molecule has 112 valence electrons. The van der Waals surface area contributed by atoms with Gasteiger partial charge in [-0.25, -0.2) is 9.18 Å². The van der Waals surface area contributed by atoms with Crippen molar-refractivity contribution in [1.29, 1.82) is 0 Å². The summed E-state index contributed by atoms with van der Waals surface area (Å²) in [5.41, 5.74) is 0.548. The van der Waals surface area contributed by atoms with E-state index in [1.807, 2.05) is 0 Å². The van der Waals surface area contributed by atoms with E-state index in [9.17, 15) is 14.0 Å². The molecule has 1 saturated heterocycles. The molecule has 6 heteroatoms. The Morgan fingerprint density at radius 3 is 2.81 bits per heavy atom. The summed E-state index contributed by atoms with van der Waals surface area (Å²) < 4.78 is 22.9. The second kappa shape index (κ2) is 7.54. The van der Waals surface area contributed by atoms with Crippen molar-refractivity contribution in [3.8, 4) is 0 Å². The van der Waals surface area contributed by atoms with Gasteiger partial charge in [0.1, 0.15) is 5.82 Å². The molecule has 0 aliphatic carbocycles. The average Bonchev–Trinajstić information content (AvgIpc) is 2.51. The number of benzene rings is 1. The highest BCUT2D eigenvalue weighted by Gasteiger charge is 2.17. The van der Waals surface area contributed by atoms with Gasteiger partial charge in [-0.1, -0.05) is 12.1 Å². The molecule has 1 heterocycles. The molecule has 0 radical (unpaired) electrons. The van der Waals surface area contributed by atoms with Crippen molar-refractivity contribution in [1.82, 2.24) is 4.90 Å². The third-order valence-corrected chi connectivity index (χ3v) is 2.96. The van der Waals surface area contributed by atoms with E-state index in [2.05, 4.69) is 0 Å². The molecule has 1 aliphatic heterocycles. The van der Waals surface area contributed by atoms with Crippen molar-refractivity contribution in [2.24, 2.45) is 0 Å². The number of carbonyl (C=O) groups excluding carboxylic acids is 2. The molecule has 1 aromatic carbocycles. The van der Waals surface area contributed by atoms with Gasteiger partial charge < -0.3 is 14.4 Å². The molecule has 0 spiro atoms. The number of nitrogens with zero attached hydrogens (tertiary/aromatic N) is 1. The third kappa shape index (κ3) is 5.00. The molecule has 2 rings (SSSR count). The lowest BCUT2D eigenvalue weighted by Gasteiger charge is -2.26. The van der Waals surface area contributed by atoms with Crippen molar-refractivity contribution in [3.05, 3.63) is 41.7 Å². The van der Waals surface area contributed by atoms with E-state index >= 15 is 0 Å². The van der Waals surface area contributed by atoms with Crippen molar-refractivity contribution < 1.29 is 23.5 Å². The minimum absolute atomic E-state index is 0.245. The van der Waals surface area contributed by atoms with Crippen LogP contribution in [0.4, 0.5) is 4.39 Å². The normalized spacial score (nSPS) is 15.2. The first-order chi connectivity index (χ1) is 10.1. The number of esters is 1. The summed E-state index contributed by atoms with van der Waals surface area (Å²) in [5.74, 6) is -1.26. The molecule has 0 bridgehead atoms. The van der Waals surface area contributed by atoms with Gasteiger partial charge in [-0.3, -0.25) is 4.79 Å². The van der Waals surface area contributed by atoms with Crippen molar-refractivity contribution in [3.63, 3.8) is 0 Å². The lowest BCUT2D eigenvalue weighted by atomic mass is 10.2. The first-order valence-corrected chi connectivity index (χ1v) is 6.61. The molecule has 0 N–H and O–H groups in total. The SMILES string of the molecule is O=C(C=Cc1cccc(F)c1)OCC(=O)N1CCOCC1. The van der Waals surface area contributed by atoms with Gasteiger partial charge in [0.15, 0.2) is 6.61 Å². The van der Waals surface area contributed by atoms with Gasteiger partial charge >= 0.3 is 5.97 Å². The zero-order valence-electron chi connectivity index (χ0n) is 11.5. The summed E-state index contributed by atoms with van der Waals surface area (Å²) in [7, 11) is 0. The van der Waals surface area contributed by atoms with E-state index in [-0.39, 0.29) is 18.3 Å². The predicted octanol–water partition coefficient (Wildman–Crippen LogP) is 1.24. The number of morpholine rings is 1. The molecule has 0 aromatic heterocycles. The summed E-state index contributed by atoms with van der Waals surface area (Å²) >= 11 is 0. The lowest BCUT2D eigenvalue weighted by molar-refractivity contribution is -0.150. The molecular formula is C15H16FNO4. The largest absolute Gasteiger partial charge is 0.452 e. The van der Waals surface area contributed by atoms with Crippen LogP contribution in [-0.2, 0) is 19.1 Å². The number of halogens is 1. The predicted molar refractivity (Wildman–Crippen MR) is 73.8 cm³/mol. The Morgan fingerprint density at radius 2 is 2.10 bits per heavy atom. The zero-order chi connectivity index (χ0) is 15.1. The molecule has 21 heavy (non-hydrogen) atoms. The van der Waals surface area contributed by atoms with Crippen molar-refractivity contribution in [2.45, 2.75) is 0 Å². The maximum Gasteiger partial charge on any atom is 0.331 e. The summed E-state index contributed by atoms with van der Waals surface area (Å²) in [6.07, 6.45) is 2.60. The topological polar surface area (TPSA) is 55.8 Å². The molecule has 0 unspecified atom stereocenters. The Labute approximate surface area is 121 Å². The van der Waals surface area contributed by atoms with Crippen LogP contribution in [0.25, 0.3) is 6.08 Å². The van der Waals surface area contributed by atoms with E-state index in [0.717, 1.165) is 0 Å². The van der Waals surface area contributed by atoms with E-state index in [1.165, 1.54) is 24.3 Å². The fourth-order valence-electron chi connectivity index (χ4n) is 1.86. The Morgan fingerprint density at radius 1 is 1.33 bits per heavy atom. The van der Waals surface area contributed by atoms with Crippen molar-refractivity contribution >= 4 is 18.0 Å². The molecule has 5 nitrogen and oxygen atoms in total. The third-order valence-electron chi connectivity index (χ3n) is 2.96. The highest BCUT2D eigenvalue weighted by atomic mass is 19.1. The van der Waals surface area contributed by atoms with Gasteiger partial charge in [0, 0.05) is 19.2 Å². The van der Waals surface area contributed by atoms with Crippen LogP contribution in [0.2, 0.25) is 0 Å². The molecule has 1 fully saturated rings. The van der Waals surface area contributed by atoms with E-state index < -0.39 is 5.97 Å². The van der Waals surface area contributed by atoms with Crippen LogP contribution < -0.4 is 0 Å². The quantitative estimate of drug-likeness (QED) is 0.619. The maximum atomic E-state index is 12.9. The molecule has 1 aromatic rings. The second-order valence-electron chi connectivity index (χ2n) is 4.49. The highest BCUT2D eigenvalue weighted by Crippen LogP contribution is 2.05. The second-order valence-corrected chi connectivity index (χ2v) is 4.49. The monoisotopic (exact) mass is 293 g/mol. The smallest absolute Gasteiger partial charge is 0.331 e. The van der Waals surface area contributed by atoms with Crippen LogP contribution in [0.3, 0.4) is 0 Å². The molecule has 1 aliphatic rings. The molecular weight excluding hydrogens is 277 g/mol. The van der Waals surface area contributed by atoms with Gasteiger partial charge in [-0.15, -0.1) is 0 Å². The molecule has 0 saturated carbocycles. The standard InChI is InChI=1S/C15H16FNO4/c16-13-3-1-2-12(10-13)4-5-15(19)21-11-14(18)17-6-8-20-9-7-17/h1-5,10H,6-9,11H2. The Bertz CT molecular complexity index is 538. The van der Waals surface area contributed by atoms with Crippen LogP contribution in [0.15, 0.2) is 30.3 Å². The molecule has 0 atom stereocenters. The first kappa shape index (κ1) is 15.2. The number of ether oxygens (including phenoxy) is 2. The maximum absolute atomic E-state index is 12.9. The summed E-state index contributed by atoms with van der Waals surface area (Å²) in [6, 6.07) is 5.81. The van der Waals surface area contributed by atoms with Crippen LogP contribution >= 0.6 is 0 Å². The van der Waals surface area contributed by atoms with Crippen LogP contribution in [-0.4, -0.2) is 49.7 Å². The zero-order valence-corrected chi connectivity index (χ0v) is 11.5. The number of rotatable bonds is 4. The minimum Gasteiger partial charge on any atom is -0.452 e. The van der Waals surface area contributed by atoms with Gasteiger partial charge in [0.25, 0.3) is 5.91 Å². The average molecular weight is 293 g/mol. The number of carbonyl (C=O) groups is 2.